The molecule has 0 atom stereocenters. The fourth-order valence-corrected chi connectivity index (χ4v) is 3.86. The molecule has 0 bridgehead atoms. The maximum Gasteiger partial charge on any atom is 0.232 e. The van der Waals surface area contributed by atoms with Crippen molar-refractivity contribution in [3.8, 4) is 5.75 Å². The summed E-state index contributed by atoms with van der Waals surface area (Å²) in [4.78, 5) is 26.9. The van der Waals surface area contributed by atoms with Crippen LogP contribution in [0.2, 0.25) is 5.02 Å². The van der Waals surface area contributed by atoms with Gasteiger partial charge in [0, 0.05) is 35.4 Å². The summed E-state index contributed by atoms with van der Waals surface area (Å²) in [5, 5.41) is 3.75. The lowest BCUT2D eigenvalue weighted by Gasteiger charge is -2.24. The Bertz CT molecular complexity index is 1220. The van der Waals surface area contributed by atoms with E-state index in [0.29, 0.717) is 35.5 Å². The van der Waals surface area contributed by atoms with Gasteiger partial charge in [-0.05, 0) is 54.2 Å². The second-order valence-corrected chi connectivity index (χ2v) is 9.83. The van der Waals surface area contributed by atoms with Gasteiger partial charge in [-0.25, -0.2) is 0 Å². The molecule has 1 amide bonds. The molecule has 178 valence electrons. The van der Waals surface area contributed by atoms with E-state index < -0.39 is 0 Å². The zero-order chi connectivity index (χ0) is 24.5. The predicted molar refractivity (Wildman–Crippen MR) is 135 cm³/mol. The van der Waals surface area contributed by atoms with Crippen molar-refractivity contribution in [1.82, 2.24) is 15.0 Å². The van der Waals surface area contributed by atoms with E-state index in [1.54, 1.807) is 6.07 Å². The average molecular weight is 481 g/mol. The number of ether oxygens (including phenoxy) is 1. The number of nitrogens with zero attached hydrogens (tertiary/aromatic N) is 4. The molecule has 0 spiro atoms. The van der Waals surface area contributed by atoms with Gasteiger partial charge in [0.15, 0.2) is 5.82 Å². The van der Waals surface area contributed by atoms with E-state index in [9.17, 15) is 4.79 Å². The zero-order valence-corrected chi connectivity index (χ0v) is 20.6. The van der Waals surface area contributed by atoms with Crippen LogP contribution in [-0.4, -0.2) is 27.4 Å². The summed E-state index contributed by atoms with van der Waals surface area (Å²) in [5.41, 5.74) is 9.44. The minimum absolute atomic E-state index is 0.0844. The number of aryl methyl sites for hydroxylation is 1. The Morgan fingerprint density at radius 3 is 2.62 bits per heavy atom. The average Bonchev–Trinajstić information content (AvgIpc) is 3.20. The number of rotatable bonds is 6. The third kappa shape index (κ3) is 5.56. The van der Waals surface area contributed by atoms with E-state index in [0.717, 1.165) is 28.9 Å². The fraction of sp³-hybridized carbons (Fsp3) is 0.360. The Labute approximate surface area is 204 Å². The van der Waals surface area contributed by atoms with E-state index in [-0.39, 0.29) is 23.9 Å². The van der Waals surface area contributed by atoms with Crippen LogP contribution in [0.5, 0.6) is 5.75 Å². The quantitative estimate of drug-likeness (QED) is 0.501. The molecule has 8 nitrogen and oxygen atoms in total. The molecule has 0 saturated carbocycles. The maximum atomic E-state index is 12.3. The topological polar surface area (TPSA) is 106 Å². The SMILES string of the molecule is Cc1ccc(Nc2nc(N)nc(COc3cc(N4CCCC4=O)cc(C(C)(C)C)c3)n2)cc1Cl. The number of hydrogen-bond donors (Lipinski definition) is 2. The number of nitrogen functional groups attached to an aromatic ring is 1. The van der Waals surface area contributed by atoms with Gasteiger partial charge in [-0.3, -0.25) is 4.79 Å². The van der Waals surface area contributed by atoms with Crippen molar-refractivity contribution in [2.24, 2.45) is 0 Å². The molecule has 1 fully saturated rings. The molecular weight excluding hydrogens is 452 g/mol. The van der Waals surface area contributed by atoms with Gasteiger partial charge in [0.2, 0.25) is 17.8 Å². The summed E-state index contributed by atoms with van der Waals surface area (Å²) in [6.07, 6.45) is 1.43. The molecule has 1 aromatic heterocycles. The number of halogens is 1. The molecular formula is C25H29ClN6O2. The van der Waals surface area contributed by atoms with Crippen molar-refractivity contribution >= 4 is 40.8 Å². The molecule has 1 saturated heterocycles. The molecule has 2 aromatic carbocycles. The lowest BCUT2D eigenvalue weighted by molar-refractivity contribution is -0.117. The number of carbonyl (C=O) groups is 1. The highest BCUT2D eigenvalue weighted by Crippen LogP contribution is 2.33. The van der Waals surface area contributed by atoms with Gasteiger partial charge in [0.1, 0.15) is 12.4 Å². The molecule has 0 aliphatic carbocycles. The molecule has 0 unspecified atom stereocenters. The minimum atomic E-state index is -0.110. The van der Waals surface area contributed by atoms with Crippen LogP contribution in [0.1, 0.15) is 50.6 Å². The Kier molecular flexibility index (Phi) is 6.61. The Hall–Kier alpha value is -3.39. The number of anilines is 4. The van der Waals surface area contributed by atoms with Crippen molar-refractivity contribution in [1.29, 1.82) is 0 Å². The fourth-order valence-electron chi connectivity index (χ4n) is 3.68. The van der Waals surface area contributed by atoms with E-state index in [4.69, 9.17) is 22.1 Å². The second-order valence-electron chi connectivity index (χ2n) is 9.43. The summed E-state index contributed by atoms with van der Waals surface area (Å²) >= 11 is 6.21. The van der Waals surface area contributed by atoms with Crippen LogP contribution >= 0.6 is 11.6 Å². The van der Waals surface area contributed by atoms with Crippen LogP contribution < -0.4 is 20.7 Å². The number of carbonyl (C=O) groups excluding carboxylic acids is 1. The Morgan fingerprint density at radius 1 is 1.15 bits per heavy atom. The lowest BCUT2D eigenvalue weighted by atomic mass is 9.86. The third-order valence-electron chi connectivity index (χ3n) is 5.64. The summed E-state index contributed by atoms with van der Waals surface area (Å²) in [6.45, 7) is 9.13. The summed E-state index contributed by atoms with van der Waals surface area (Å²) in [6, 6.07) is 11.5. The van der Waals surface area contributed by atoms with E-state index in [1.165, 1.54) is 0 Å². The number of hydrogen-bond acceptors (Lipinski definition) is 7. The zero-order valence-electron chi connectivity index (χ0n) is 19.9. The van der Waals surface area contributed by atoms with Crippen LogP contribution in [0.4, 0.5) is 23.3 Å². The summed E-state index contributed by atoms with van der Waals surface area (Å²) in [7, 11) is 0. The molecule has 2 heterocycles. The van der Waals surface area contributed by atoms with Crippen molar-refractivity contribution < 1.29 is 9.53 Å². The molecule has 4 rings (SSSR count). The van der Waals surface area contributed by atoms with E-state index in [1.807, 2.05) is 36.1 Å². The van der Waals surface area contributed by atoms with Gasteiger partial charge in [-0.2, -0.15) is 15.0 Å². The van der Waals surface area contributed by atoms with Crippen molar-refractivity contribution in [3.63, 3.8) is 0 Å². The number of aromatic nitrogens is 3. The molecule has 3 aromatic rings. The molecule has 0 radical (unpaired) electrons. The highest BCUT2D eigenvalue weighted by atomic mass is 35.5. The Balaban J connectivity index is 1.55. The van der Waals surface area contributed by atoms with Crippen LogP contribution in [0.15, 0.2) is 36.4 Å². The number of benzene rings is 2. The van der Waals surface area contributed by atoms with Crippen LogP contribution in [0.25, 0.3) is 0 Å². The number of nitrogens with two attached hydrogens (primary N) is 1. The van der Waals surface area contributed by atoms with Crippen molar-refractivity contribution in [2.75, 3.05) is 22.5 Å². The van der Waals surface area contributed by atoms with Gasteiger partial charge < -0.3 is 20.7 Å². The lowest BCUT2D eigenvalue weighted by Crippen LogP contribution is -2.24. The maximum absolute atomic E-state index is 12.3. The van der Waals surface area contributed by atoms with Gasteiger partial charge >= 0.3 is 0 Å². The minimum Gasteiger partial charge on any atom is -0.486 e. The highest BCUT2D eigenvalue weighted by Gasteiger charge is 2.24. The summed E-state index contributed by atoms with van der Waals surface area (Å²) < 4.78 is 6.06. The van der Waals surface area contributed by atoms with Crippen molar-refractivity contribution in [2.45, 2.75) is 52.6 Å². The molecule has 3 N–H and O–H groups in total. The first-order chi connectivity index (χ1) is 16.1. The van der Waals surface area contributed by atoms with Crippen LogP contribution in [0.3, 0.4) is 0 Å². The molecule has 1 aliphatic heterocycles. The molecule has 1 aliphatic rings. The standard InChI is InChI=1S/C25H29ClN6O2/c1-15-7-8-17(12-20(15)26)28-24-30-21(29-23(27)31-24)14-34-19-11-16(25(2,3)4)10-18(13-19)32-9-5-6-22(32)33/h7-8,10-13H,5-6,9,14H2,1-4H3,(H3,27,28,29,30,31). The van der Waals surface area contributed by atoms with Gasteiger partial charge in [0.05, 0.1) is 0 Å². The van der Waals surface area contributed by atoms with Crippen LogP contribution in [-0.2, 0) is 16.8 Å². The van der Waals surface area contributed by atoms with Gasteiger partial charge in [-0.1, -0.05) is 38.4 Å². The first-order valence-electron chi connectivity index (χ1n) is 11.2. The van der Waals surface area contributed by atoms with Crippen molar-refractivity contribution in [3.05, 3.63) is 58.4 Å². The molecule has 9 heteroatoms. The Morgan fingerprint density at radius 2 is 1.94 bits per heavy atom. The smallest absolute Gasteiger partial charge is 0.232 e. The first-order valence-corrected chi connectivity index (χ1v) is 11.6. The molecule has 34 heavy (non-hydrogen) atoms. The monoisotopic (exact) mass is 480 g/mol. The van der Waals surface area contributed by atoms with Gasteiger partial charge in [0.25, 0.3) is 0 Å². The van der Waals surface area contributed by atoms with E-state index >= 15 is 0 Å². The largest absolute Gasteiger partial charge is 0.486 e. The van der Waals surface area contributed by atoms with Crippen LogP contribution in [0, 0.1) is 6.92 Å². The first kappa shape index (κ1) is 23.8. The predicted octanol–water partition coefficient (Wildman–Crippen LogP) is 5.16. The third-order valence-corrected chi connectivity index (χ3v) is 6.04. The second kappa shape index (κ2) is 9.46. The van der Waals surface area contributed by atoms with E-state index in [2.05, 4.69) is 47.1 Å². The normalized spacial score (nSPS) is 13.9. The van der Waals surface area contributed by atoms with Gasteiger partial charge in [-0.15, -0.1) is 0 Å². The highest BCUT2D eigenvalue weighted by molar-refractivity contribution is 6.31. The number of amides is 1. The number of nitrogens with one attached hydrogen (secondary N) is 1. The summed E-state index contributed by atoms with van der Waals surface area (Å²) in [5.74, 6) is 1.54.